The van der Waals surface area contributed by atoms with Crippen LogP contribution in [0.4, 0.5) is 0 Å². The van der Waals surface area contributed by atoms with Gasteiger partial charge in [-0.3, -0.25) is 5.57 Å². The van der Waals surface area contributed by atoms with E-state index in [-0.39, 0.29) is 24.0 Å². The summed E-state index contributed by atoms with van der Waals surface area (Å²) in [5.41, 5.74) is 1.92. The molecule has 0 spiro atoms. The standard InChI is InChI=1S/C12H14.V/c1-10(12(2,3)4)11-8-6-5-7-9-11;/h1,5-8H,2-4H3;/q-2;+2. The molecule has 1 aromatic carbocycles. The van der Waals surface area contributed by atoms with Crippen molar-refractivity contribution in [3.05, 3.63) is 42.5 Å². The predicted molar refractivity (Wildman–Crippen MR) is 52.4 cm³/mol. The first kappa shape index (κ1) is 12.5. The van der Waals surface area contributed by atoms with Gasteiger partial charge in [0.1, 0.15) is 0 Å². The van der Waals surface area contributed by atoms with Gasteiger partial charge in [0.2, 0.25) is 0 Å². The van der Waals surface area contributed by atoms with Crippen LogP contribution in [0.1, 0.15) is 26.3 Å². The fourth-order valence-electron chi connectivity index (χ4n) is 0.965. The van der Waals surface area contributed by atoms with E-state index in [0.29, 0.717) is 0 Å². The fourth-order valence-corrected chi connectivity index (χ4v) is 0.965. The first-order valence-corrected chi connectivity index (χ1v) is 4.12. The summed E-state index contributed by atoms with van der Waals surface area (Å²) < 4.78 is 0. The minimum atomic E-state index is 0. The second kappa shape index (κ2) is 4.69. The normalized spacial score (nSPS) is 10.4. The third-order valence-electron chi connectivity index (χ3n) is 1.81. The maximum Gasteiger partial charge on any atom is 2.00 e. The molecule has 0 N–H and O–H groups in total. The smallest absolute Gasteiger partial charge is 0.340 e. The average Bonchev–Trinajstić information content (AvgIpc) is 2.03. The van der Waals surface area contributed by atoms with E-state index in [0.717, 1.165) is 11.1 Å². The second-order valence-electron chi connectivity index (χ2n) is 3.94. The Bertz CT molecular complexity index is 267. The summed E-state index contributed by atoms with van der Waals surface area (Å²) in [5.74, 6) is 0. The third-order valence-corrected chi connectivity index (χ3v) is 1.81. The summed E-state index contributed by atoms with van der Waals surface area (Å²) in [5, 5.41) is 0. The van der Waals surface area contributed by atoms with Crippen LogP contribution in [0, 0.1) is 18.1 Å². The molecule has 0 fully saturated rings. The van der Waals surface area contributed by atoms with E-state index < -0.39 is 0 Å². The van der Waals surface area contributed by atoms with Gasteiger partial charge >= 0.3 is 18.6 Å². The van der Waals surface area contributed by atoms with Crippen molar-refractivity contribution in [1.82, 2.24) is 0 Å². The first-order valence-electron chi connectivity index (χ1n) is 4.12. The van der Waals surface area contributed by atoms with Crippen molar-refractivity contribution in [3.63, 3.8) is 0 Å². The molecule has 1 rings (SSSR count). The largest absolute Gasteiger partial charge is 2.00 e. The van der Waals surface area contributed by atoms with Gasteiger partial charge in [0, 0.05) is 0 Å². The molecule has 0 unspecified atom stereocenters. The van der Waals surface area contributed by atoms with Gasteiger partial charge in [0.05, 0.1) is 0 Å². The van der Waals surface area contributed by atoms with Crippen molar-refractivity contribution in [2.24, 2.45) is 5.41 Å². The number of rotatable bonds is 1. The molecule has 0 atom stereocenters. The van der Waals surface area contributed by atoms with E-state index in [1.165, 1.54) is 0 Å². The summed E-state index contributed by atoms with van der Waals surface area (Å²) in [6.45, 7) is 12.3. The Morgan fingerprint density at radius 2 is 1.92 bits per heavy atom. The molecule has 0 aromatic heterocycles. The molecule has 0 aliphatic rings. The Balaban J connectivity index is 0.00000144. The zero-order chi connectivity index (χ0) is 9.19. The van der Waals surface area contributed by atoms with Crippen LogP contribution in [0.3, 0.4) is 0 Å². The topological polar surface area (TPSA) is 0 Å². The molecule has 1 heteroatoms. The quantitative estimate of drug-likeness (QED) is 0.622. The van der Waals surface area contributed by atoms with Crippen LogP contribution in [0.2, 0.25) is 0 Å². The molecular formula is C12H14V. The van der Waals surface area contributed by atoms with E-state index in [1.807, 2.05) is 24.3 Å². The van der Waals surface area contributed by atoms with Gasteiger partial charge in [-0.2, -0.15) is 12.1 Å². The van der Waals surface area contributed by atoms with Crippen molar-refractivity contribution in [2.45, 2.75) is 20.8 Å². The van der Waals surface area contributed by atoms with Crippen LogP contribution in [0.5, 0.6) is 0 Å². The monoisotopic (exact) mass is 209 g/mol. The fraction of sp³-hybridized carbons (Fsp3) is 0.333. The van der Waals surface area contributed by atoms with Crippen molar-refractivity contribution >= 4 is 5.57 Å². The molecule has 1 aromatic rings. The van der Waals surface area contributed by atoms with Gasteiger partial charge in [-0.15, -0.1) is 6.07 Å². The Labute approximate surface area is 92.9 Å². The first-order chi connectivity index (χ1) is 5.52. The van der Waals surface area contributed by atoms with Gasteiger partial charge in [-0.25, -0.2) is 12.1 Å². The van der Waals surface area contributed by atoms with E-state index in [9.17, 15) is 0 Å². The molecule has 0 saturated heterocycles. The van der Waals surface area contributed by atoms with Crippen LogP contribution < -0.4 is 0 Å². The van der Waals surface area contributed by atoms with Crippen molar-refractivity contribution in [3.8, 4) is 0 Å². The van der Waals surface area contributed by atoms with Gasteiger partial charge in [-0.1, -0.05) is 26.2 Å². The number of benzene rings is 1. The Morgan fingerprint density at radius 3 is 2.31 bits per heavy atom. The van der Waals surface area contributed by atoms with Crippen LogP contribution in [0.15, 0.2) is 24.3 Å². The van der Waals surface area contributed by atoms with Gasteiger partial charge in [0.25, 0.3) is 0 Å². The van der Waals surface area contributed by atoms with E-state index in [2.05, 4.69) is 26.8 Å². The molecule has 0 aliphatic carbocycles. The predicted octanol–water partition coefficient (Wildman–Crippen LogP) is 3.35. The SMILES string of the molecule is [CH-]=C(c1[c-]cccc1)C(C)(C)C.[V+2]. The third kappa shape index (κ3) is 3.42. The Hall–Kier alpha value is -0.456. The maximum atomic E-state index is 5.96. The summed E-state index contributed by atoms with van der Waals surface area (Å²) in [4.78, 5) is 0. The molecule has 0 aliphatic heterocycles. The van der Waals surface area contributed by atoms with Crippen LogP contribution >= 0.6 is 0 Å². The van der Waals surface area contributed by atoms with Crippen molar-refractivity contribution in [2.75, 3.05) is 0 Å². The molecule has 0 saturated carbocycles. The van der Waals surface area contributed by atoms with E-state index >= 15 is 0 Å². The van der Waals surface area contributed by atoms with Crippen molar-refractivity contribution in [1.29, 1.82) is 0 Å². The van der Waals surface area contributed by atoms with Crippen LogP contribution in [-0.2, 0) is 18.6 Å². The molecule has 0 bridgehead atoms. The molecule has 0 nitrogen and oxygen atoms in total. The molecule has 13 heavy (non-hydrogen) atoms. The van der Waals surface area contributed by atoms with Gasteiger partial charge in [0.15, 0.2) is 0 Å². The molecule has 1 radical (unpaired) electrons. The average molecular weight is 209 g/mol. The van der Waals surface area contributed by atoms with Crippen LogP contribution in [-0.4, -0.2) is 0 Å². The molecule has 0 heterocycles. The Morgan fingerprint density at radius 1 is 1.31 bits per heavy atom. The van der Waals surface area contributed by atoms with E-state index in [1.54, 1.807) is 0 Å². The second-order valence-corrected chi connectivity index (χ2v) is 3.94. The van der Waals surface area contributed by atoms with Crippen molar-refractivity contribution < 1.29 is 18.6 Å². The van der Waals surface area contributed by atoms with Gasteiger partial charge in [-0.05, 0) is 0 Å². The minimum Gasteiger partial charge on any atom is -0.340 e. The maximum absolute atomic E-state index is 5.96. The van der Waals surface area contributed by atoms with Gasteiger partial charge < -0.3 is 12.1 Å². The molecule has 0 amide bonds. The summed E-state index contributed by atoms with van der Waals surface area (Å²) in [7, 11) is 0. The Kier molecular flexibility index (Phi) is 4.53. The van der Waals surface area contributed by atoms with E-state index in [4.69, 9.17) is 6.58 Å². The number of hydrogen-bond donors (Lipinski definition) is 0. The number of hydrogen-bond acceptors (Lipinski definition) is 0. The molecule has 67 valence electrons. The zero-order valence-electron chi connectivity index (χ0n) is 8.33. The minimum absolute atomic E-state index is 0. The number of allylic oxidation sites excluding steroid dienone is 1. The zero-order valence-corrected chi connectivity index (χ0v) is 9.73. The molecular weight excluding hydrogens is 195 g/mol. The summed E-state index contributed by atoms with van der Waals surface area (Å²) in [6, 6.07) is 10.9. The summed E-state index contributed by atoms with van der Waals surface area (Å²) in [6.07, 6.45) is 0. The van der Waals surface area contributed by atoms with Crippen LogP contribution in [0.25, 0.3) is 5.57 Å². The summed E-state index contributed by atoms with van der Waals surface area (Å²) >= 11 is 0.